The van der Waals surface area contributed by atoms with E-state index >= 15 is 0 Å². The van der Waals surface area contributed by atoms with Gasteiger partial charge in [-0.25, -0.2) is 13.1 Å². The van der Waals surface area contributed by atoms with Gasteiger partial charge in [0.25, 0.3) is 0 Å². The molecule has 5 rings (SSSR count). The van der Waals surface area contributed by atoms with Crippen molar-refractivity contribution in [2.75, 3.05) is 40.1 Å². The van der Waals surface area contributed by atoms with Gasteiger partial charge in [-0.1, -0.05) is 19.9 Å². The molecular weight excluding hydrogens is 554 g/mol. The molecule has 2 aromatic carbocycles. The number of sulfonamides is 1. The lowest BCUT2D eigenvalue weighted by molar-refractivity contribution is -0.147. The third-order valence-corrected chi connectivity index (χ3v) is 10.2. The van der Waals surface area contributed by atoms with Crippen molar-refractivity contribution in [2.45, 2.75) is 56.5 Å². The number of fused-ring (bicyclic) bond motifs is 1. The van der Waals surface area contributed by atoms with E-state index < -0.39 is 10.0 Å². The smallest absolute Gasteiger partial charge is 0.240 e. The minimum atomic E-state index is -3.72. The number of carbonyl (C=O) groups excluding carboxylic acids is 1. The Hall–Kier alpha value is -2.92. The highest BCUT2D eigenvalue weighted by Gasteiger charge is 2.36. The van der Waals surface area contributed by atoms with Crippen LogP contribution >= 0.6 is 0 Å². The summed E-state index contributed by atoms with van der Waals surface area (Å²) in [5.74, 6) is 1.24. The highest BCUT2D eigenvalue weighted by Crippen LogP contribution is 2.32. The van der Waals surface area contributed by atoms with Crippen molar-refractivity contribution in [3.05, 3.63) is 48.5 Å². The molecule has 1 saturated carbocycles. The van der Waals surface area contributed by atoms with Gasteiger partial charge >= 0.3 is 0 Å². The lowest BCUT2D eigenvalue weighted by Crippen LogP contribution is -2.53. The second-order valence-electron chi connectivity index (χ2n) is 11.8. The van der Waals surface area contributed by atoms with Gasteiger partial charge in [-0.3, -0.25) is 4.79 Å². The SMILES string of the molecule is COCCOc1ccc(-c2cc3ccc(S(=O)(=O)NC4CCC(C(=O)N5CCOC[C@@H]5C(C)C)CC4)cc3n2C)cc1. The summed E-state index contributed by atoms with van der Waals surface area (Å²) in [4.78, 5) is 15.6. The van der Waals surface area contributed by atoms with Gasteiger partial charge < -0.3 is 23.7 Å². The van der Waals surface area contributed by atoms with E-state index in [0.29, 0.717) is 64.6 Å². The Morgan fingerprint density at radius 3 is 2.48 bits per heavy atom. The minimum Gasteiger partial charge on any atom is -0.491 e. The van der Waals surface area contributed by atoms with Crippen LogP contribution in [-0.2, 0) is 31.3 Å². The number of methoxy groups -OCH3 is 1. The first-order valence-corrected chi connectivity index (χ1v) is 16.4. The second-order valence-corrected chi connectivity index (χ2v) is 13.5. The molecule has 1 saturated heterocycles. The third-order valence-electron chi connectivity index (χ3n) is 8.65. The van der Waals surface area contributed by atoms with Gasteiger partial charge in [0, 0.05) is 49.3 Å². The van der Waals surface area contributed by atoms with Gasteiger partial charge in [-0.05, 0) is 79.6 Å². The monoisotopic (exact) mass is 597 g/mol. The Morgan fingerprint density at radius 2 is 1.79 bits per heavy atom. The van der Waals surface area contributed by atoms with Gasteiger partial charge in [-0.15, -0.1) is 0 Å². The van der Waals surface area contributed by atoms with Crippen LogP contribution in [0.4, 0.5) is 0 Å². The number of nitrogens with one attached hydrogen (secondary N) is 1. The zero-order valence-electron chi connectivity index (χ0n) is 25.0. The zero-order valence-corrected chi connectivity index (χ0v) is 25.9. The van der Waals surface area contributed by atoms with Crippen molar-refractivity contribution in [3.8, 4) is 17.0 Å². The molecule has 1 atom stereocenters. The maximum atomic E-state index is 13.4. The quantitative estimate of drug-likeness (QED) is 0.343. The molecule has 228 valence electrons. The van der Waals surface area contributed by atoms with Crippen LogP contribution in [-0.4, -0.2) is 76.0 Å². The average Bonchev–Trinajstić information content (AvgIpc) is 3.33. The van der Waals surface area contributed by atoms with E-state index in [1.165, 1.54) is 0 Å². The summed E-state index contributed by atoms with van der Waals surface area (Å²) in [6.45, 7) is 7.05. The molecule has 42 heavy (non-hydrogen) atoms. The van der Waals surface area contributed by atoms with Gasteiger partial charge in [0.15, 0.2) is 0 Å². The molecule has 1 amide bonds. The molecule has 3 aromatic rings. The van der Waals surface area contributed by atoms with Crippen molar-refractivity contribution in [3.63, 3.8) is 0 Å². The molecule has 1 N–H and O–H groups in total. The van der Waals surface area contributed by atoms with Crippen molar-refractivity contribution < 1.29 is 27.4 Å². The normalized spacial score (nSPS) is 21.6. The first kappa shape index (κ1) is 30.5. The van der Waals surface area contributed by atoms with Gasteiger partial charge in [0.05, 0.1) is 30.8 Å². The summed E-state index contributed by atoms with van der Waals surface area (Å²) in [5.41, 5.74) is 2.84. The number of nitrogens with zero attached hydrogens (tertiary/aromatic N) is 2. The number of aryl methyl sites for hydroxylation is 1. The van der Waals surface area contributed by atoms with Crippen LogP contribution in [0.15, 0.2) is 53.4 Å². The highest BCUT2D eigenvalue weighted by molar-refractivity contribution is 7.89. The lowest BCUT2D eigenvalue weighted by atomic mass is 9.85. The number of amides is 1. The molecule has 0 unspecified atom stereocenters. The fourth-order valence-corrected chi connectivity index (χ4v) is 7.47. The first-order chi connectivity index (χ1) is 20.2. The van der Waals surface area contributed by atoms with Crippen molar-refractivity contribution in [1.29, 1.82) is 0 Å². The summed E-state index contributed by atoms with van der Waals surface area (Å²) in [7, 11) is -0.133. The summed E-state index contributed by atoms with van der Waals surface area (Å²) >= 11 is 0. The van der Waals surface area contributed by atoms with E-state index in [-0.39, 0.29) is 28.8 Å². The van der Waals surface area contributed by atoms with Crippen LogP contribution in [0.1, 0.15) is 39.5 Å². The molecule has 1 aromatic heterocycles. The molecule has 1 aliphatic carbocycles. The molecule has 0 radical (unpaired) electrons. The Morgan fingerprint density at radius 1 is 1.05 bits per heavy atom. The first-order valence-electron chi connectivity index (χ1n) is 14.9. The maximum absolute atomic E-state index is 13.4. The third kappa shape index (κ3) is 6.67. The number of carbonyl (C=O) groups is 1. The van der Waals surface area contributed by atoms with E-state index in [2.05, 4.69) is 24.6 Å². The number of hydrogen-bond donors (Lipinski definition) is 1. The van der Waals surface area contributed by atoms with Crippen LogP contribution in [0.2, 0.25) is 0 Å². The minimum absolute atomic E-state index is 0.0609. The fraction of sp³-hybridized carbons (Fsp3) is 0.531. The highest BCUT2D eigenvalue weighted by atomic mass is 32.2. The number of morpholine rings is 1. The van der Waals surface area contributed by atoms with Crippen LogP contribution < -0.4 is 9.46 Å². The molecule has 9 nitrogen and oxygen atoms in total. The molecule has 0 bridgehead atoms. The van der Waals surface area contributed by atoms with Crippen LogP contribution in [0, 0.1) is 11.8 Å². The van der Waals surface area contributed by atoms with Crippen LogP contribution in [0.25, 0.3) is 22.2 Å². The van der Waals surface area contributed by atoms with E-state index in [4.69, 9.17) is 14.2 Å². The summed E-state index contributed by atoms with van der Waals surface area (Å²) in [5, 5.41) is 0.966. The van der Waals surface area contributed by atoms with Crippen molar-refractivity contribution in [2.24, 2.45) is 18.9 Å². The molecule has 10 heteroatoms. The van der Waals surface area contributed by atoms with Crippen molar-refractivity contribution in [1.82, 2.24) is 14.2 Å². The molecule has 0 spiro atoms. The molecule has 2 aliphatic rings. The number of rotatable bonds is 10. The number of aromatic nitrogens is 1. The van der Waals surface area contributed by atoms with E-state index in [9.17, 15) is 13.2 Å². The summed E-state index contributed by atoms with van der Waals surface area (Å²) < 4.78 is 48.1. The number of ether oxygens (including phenoxy) is 3. The average molecular weight is 598 g/mol. The molecular formula is C32H43N3O6S. The summed E-state index contributed by atoms with van der Waals surface area (Å²) in [6, 6.07) is 15.1. The Kier molecular flexibility index (Phi) is 9.57. The molecule has 2 heterocycles. The van der Waals surface area contributed by atoms with Crippen molar-refractivity contribution >= 4 is 26.8 Å². The number of benzene rings is 2. The van der Waals surface area contributed by atoms with E-state index in [0.717, 1.165) is 27.9 Å². The Labute approximate surface area is 249 Å². The predicted molar refractivity (Wildman–Crippen MR) is 163 cm³/mol. The Balaban J connectivity index is 1.23. The maximum Gasteiger partial charge on any atom is 0.240 e. The topological polar surface area (TPSA) is 99.1 Å². The van der Waals surface area contributed by atoms with Gasteiger partial charge in [0.2, 0.25) is 15.9 Å². The second kappa shape index (κ2) is 13.2. The summed E-state index contributed by atoms with van der Waals surface area (Å²) in [6.07, 6.45) is 2.66. The van der Waals surface area contributed by atoms with E-state index in [1.54, 1.807) is 19.2 Å². The Bertz CT molecular complexity index is 1480. The van der Waals surface area contributed by atoms with E-state index in [1.807, 2.05) is 46.8 Å². The predicted octanol–water partition coefficient (Wildman–Crippen LogP) is 4.59. The molecule has 1 aliphatic heterocycles. The largest absolute Gasteiger partial charge is 0.491 e. The fourth-order valence-electron chi connectivity index (χ4n) is 6.15. The molecule has 2 fully saturated rings. The van der Waals surface area contributed by atoms with Gasteiger partial charge in [-0.2, -0.15) is 0 Å². The standard InChI is InChI=1S/C32H43N3O6S/c1-22(2)31-21-40-16-15-35(31)32(36)24-5-10-26(11-6-24)33-42(37,38)28-14-9-25-19-29(34(3)30(25)20-28)23-7-12-27(13-8-23)41-18-17-39-4/h7-9,12-14,19-20,22,24,26,31,33H,5-6,10-11,15-18,21H2,1-4H3/t24?,26?,31-/m1/s1. The zero-order chi connectivity index (χ0) is 29.9. The van der Waals surface area contributed by atoms with Gasteiger partial charge in [0.1, 0.15) is 12.4 Å². The van der Waals surface area contributed by atoms with Crippen LogP contribution in [0.5, 0.6) is 5.75 Å². The lowest BCUT2D eigenvalue weighted by Gasteiger charge is -2.41. The van der Waals surface area contributed by atoms with Crippen LogP contribution in [0.3, 0.4) is 0 Å². The number of hydrogen-bond acceptors (Lipinski definition) is 6.